The van der Waals surface area contributed by atoms with E-state index in [1.165, 1.54) is 48.5 Å². The molecule has 1 saturated carbocycles. The van der Waals surface area contributed by atoms with E-state index in [4.69, 9.17) is 28.4 Å². The number of esters is 2. The molecule has 36 heavy (non-hydrogen) atoms. The zero-order valence-corrected chi connectivity index (χ0v) is 20.1. The molecule has 0 amide bonds. The molecule has 192 valence electrons. The average Bonchev–Trinajstić information content (AvgIpc) is 2.85. The van der Waals surface area contributed by atoms with Crippen LogP contribution in [-0.2, 0) is 18.9 Å². The average molecular weight is 501 g/mol. The Balaban J connectivity index is 1.49. The molecule has 0 spiro atoms. The first-order valence-corrected chi connectivity index (χ1v) is 11.7. The normalized spacial score (nSPS) is 16.8. The number of hydrogen-bond donors (Lipinski definition) is 0. The second-order valence-corrected chi connectivity index (χ2v) is 7.84. The highest BCUT2D eigenvalue weighted by molar-refractivity contribution is 5.90. The third kappa shape index (κ3) is 8.00. The van der Waals surface area contributed by atoms with Crippen molar-refractivity contribution in [2.24, 2.45) is 0 Å². The highest BCUT2D eigenvalue weighted by Crippen LogP contribution is 2.26. The lowest BCUT2D eigenvalue weighted by atomic mass is 9.94. The van der Waals surface area contributed by atoms with Crippen LogP contribution in [0.3, 0.4) is 0 Å². The van der Waals surface area contributed by atoms with Gasteiger partial charge in [0.1, 0.15) is 23.7 Å². The van der Waals surface area contributed by atoms with Crippen molar-refractivity contribution >= 4 is 24.2 Å². The molecular weight excluding hydrogens is 472 g/mol. The highest BCUT2D eigenvalue weighted by atomic mass is 16.7. The molecule has 0 aromatic heterocycles. The Morgan fingerprint density at radius 2 is 1.06 bits per heavy atom. The van der Waals surface area contributed by atoms with Gasteiger partial charge in [0.25, 0.3) is 0 Å². The van der Waals surface area contributed by atoms with Crippen LogP contribution < -0.4 is 9.47 Å². The first-order chi connectivity index (χ1) is 17.4. The summed E-state index contributed by atoms with van der Waals surface area (Å²) in [7, 11) is 0. The fourth-order valence-electron chi connectivity index (χ4n) is 3.56. The van der Waals surface area contributed by atoms with Crippen molar-refractivity contribution in [1.82, 2.24) is 0 Å². The molecule has 3 rings (SSSR count). The van der Waals surface area contributed by atoms with Crippen LogP contribution in [0.25, 0.3) is 0 Å². The molecule has 2 unspecified atom stereocenters. The van der Waals surface area contributed by atoms with Crippen LogP contribution in [0.15, 0.2) is 48.5 Å². The van der Waals surface area contributed by atoms with E-state index in [2.05, 4.69) is 0 Å². The van der Waals surface area contributed by atoms with Gasteiger partial charge in [-0.1, -0.05) is 0 Å². The monoisotopic (exact) mass is 500 g/mol. The number of rotatable bonds is 8. The lowest BCUT2D eigenvalue weighted by Crippen LogP contribution is -2.31. The van der Waals surface area contributed by atoms with Crippen molar-refractivity contribution in [3.63, 3.8) is 0 Å². The highest BCUT2D eigenvalue weighted by Gasteiger charge is 2.28. The van der Waals surface area contributed by atoms with Gasteiger partial charge in [-0.25, -0.2) is 19.2 Å². The van der Waals surface area contributed by atoms with Crippen LogP contribution in [0.4, 0.5) is 9.59 Å². The quantitative estimate of drug-likeness (QED) is 0.275. The van der Waals surface area contributed by atoms with Crippen LogP contribution in [0.2, 0.25) is 0 Å². The van der Waals surface area contributed by atoms with Gasteiger partial charge in [-0.15, -0.1) is 0 Å². The van der Waals surface area contributed by atoms with Crippen LogP contribution in [0.1, 0.15) is 60.2 Å². The smallest absolute Gasteiger partial charge is 0.459 e. The molecule has 2 aromatic rings. The third-order valence-electron chi connectivity index (χ3n) is 5.23. The molecule has 0 heterocycles. The Labute approximate surface area is 208 Å². The summed E-state index contributed by atoms with van der Waals surface area (Å²) in [6.45, 7) is 3.72. The maximum Gasteiger partial charge on any atom is 0.513 e. The van der Waals surface area contributed by atoms with E-state index in [0.717, 1.165) is 6.42 Å². The van der Waals surface area contributed by atoms with E-state index < -0.39 is 36.5 Å². The van der Waals surface area contributed by atoms with E-state index in [-0.39, 0.29) is 24.7 Å². The second kappa shape index (κ2) is 13.1. The van der Waals surface area contributed by atoms with Crippen LogP contribution in [0.5, 0.6) is 11.5 Å². The molecule has 0 N–H and O–H groups in total. The third-order valence-corrected chi connectivity index (χ3v) is 5.23. The molecule has 2 aromatic carbocycles. The van der Waals surface area contributed by atoms with Crippen molar-refractivity contribution in [2.45, 2.75) is 51.7 Å². The number of ether oxygens (including phenoxy) is 6. The predicted molar refractivity (Wildman–Crippen MR) is 125 cm³/mol. The fourth-order valence-corrected chi connectivity index (χ4v) is 3.56. The maximum atomic E-state index is 12.5. The molecule has 1 aliphatic rings. The molecule has 0 bridgehead atoms. The minimum atomic E-state index is -0.823. The topological polar surface area (TPSA) is 124 Å². The van der Waals surface area contributed by atoms with Crippen molar-refractivity contribution in [3.05, 3.63) is 59.7 Å². The summed E-state index contributed by atoms with van der Waals surface area (Å²) in [6, 6.07) is 11.9. The Hall–Kier alpha value is -4.08. The molecule has 10 nitrogen and oxygen atoms in total. The lowest BCUT2D eigenvalue weighted by molar-refractivity contribution is -0.0177. The summed E-state index contributed by atoms with van der Waals surface area (Å²) in [5.41, 5.74) is 0.603. The van der Waals surface area contributed by atoms with E-state index >= 15 is 0 Å². The Morgan fingerprint density at radius 1 is 0.667 bits per heavy atom. The molecule has 0 aliphatic heterocycles. The number of carbonyl (C=O) groups is 4. The summed E-state index contributed by atoms with van der Waals surface area (Å²) in [5.74, 6) is -0.552. The van der Waals surface area contributed by atoms with E-state index in [0.29, 0.717) is 30.4 Å². The van der Waals surface area contributed by atoms with Gasteiger partial charge in [0, 0.05) is 6.42 Å². The molecule has 2 atom stereocenters. The summed E-state index contributed by atoms with van der Waals surface area (Å²) in [4.78, 5) is 47.8. The standard InChI is InChI=1S/C26H28O10/c1-3-31-25(29)35-19-12-8-17(9-13-19)23(27)33-21-6-5-7-22(16-21)34-24(28)18-10-14-20(15-11-18)36-26(30)32-4-2/h8-15,21-22H,3-7,16H2,1-2H3. The van der Waals surface area contributed by atoms with Crippen LogP contribution in [-0.4, -0.2) is 49.7 Å². The number of carbonyl (C=O) groups excluding carboxylic acids is 4. The van der Waals surface area contributed by atoms with Gasteiger partial charge in [0.15, 0.2) is 0 Å². The molecule has 0 saturated heterocycles. The van der Waals surface area contributed by atoms with Crippen LogP contribution >= 0.6 is 0 Å². The van der Waals surface area contributed by atoms with Crippen molar-refractivity contribution in [3.8, 4) is 11.5 Å². The van der Waals surface area contributed by atoms with Crippen molar-refractivity contribution in [1.29, 1.82) is 0 Å². The van der Waals surface area contributed by atoms with Gasteiger partial charge in [-0.2, -0.15) is 0 Å². The molecule has 1 fully saturated rings. The Bertz CT molecular complexity index is 962. The summed E-state index contributed by atoms with van der Waals surface area (Å²) in [5, 5.41) is 0. The molecule has 0 radical (unpaired) electrons. The zero-order chi connectivity index (χ0) is 25.9. The summed E-state index contributed by atoms with van der Waals surface area (Å²) < 4.78 is 30.6. The largest absolute Gasteiger partial charge is 0.513 e. The minimum Gasteiger partial charge on any atom is -0.459 e. The van der Waals surface area contributed by atoms with Crippen LogP contribution in [0, 0.1) is 0 Å². The summed E-state index contributed by atoms with van der Waals surface area (Å²) in [6.07, 6.45) is -0.0268. The molecule has 10 heteroatoms. The SMILES string of the molecule is CCOC(=O)Oc1ccc(C(=O)OC2CCCC(OC(=O)c3ccc(OC(=O)OCC)cc3)C2)cc1. The molecular formula is C26H28O10. The predicted octanol–water partition coefficient (Wildman–Crippen LogP) is 5.08. The van der Waals surface area contributed by atoms with Gasteiger partial charge in [-0.3, -0.25) is 0 Å². The molecule has 1 aliphatic carbocycles. The summed E-state index contributed by atoms with van der Waals surface area (Å²) >= 11 is 0. The second-order valence-electron chi connectivity index (χ2n) is 7.84. The van der Waals surface area contributed by atoms with Gasteiger partial charge < -0.3 is 28.4 Å². The van der Waals surface area contributed by atoms with Gasteiger partial charge in [0.05, 0.1) is 24.3 Å². The van der Waals surface area contributed by atoms with Gasteiger partial charge in [-0.05, 0) is 81.6 Å². The Kier molecular flexibility index (Phi) is 9.67. The van der Waals surface area contributed by atoms with E-state index in [9.17, 15) is 19.2 Å². The van der Waals surface area contributed by atoms with E-state index in [1.54, 1.807) is 13.8 Å². The fraction of sp³-hybridized carbons (Fsp3) is 0.385. The Morgan fingerprint density at radius 3 is 1.42 bits per heavy atom. The maximum absolute atomic E-state index is 12.5. The van der Waals surface area contributed by atoms with Crippen molar-refractivity contribution < 1.29 is 47.6 Å². The lowest BCUT2D eigenvalue weighted by Gasteiger charge is -2.28. The minimum absolute atomic E-state index is 0.194. The first kappa shape index (κ1) is 26.5. The number of hydrogen-bond acceptors (Lipinski definition) is 10. The zero-order valence-electron chi connectivity index (χ0n) is 20.1. The van der Waals surface area contributed by atoms with Gasteiger partial charge >= 0.3 is 24.2 Å². The van der Waals surface area contributed by atoms with E-state index in [1.807, 2.05) is 0 Å². The number of benzene rings is 2. The van der Waals surface area contributed by atoms with Crippen molar-refractivity contribution in [2.75, 3.05) is 13.2 Å². The first-order valence-electron chi connectivity index (χ1n) is 11.7. The van der Waals surface area contributed by atoms with Gasteiger partial charge in [0.2, 0.25) is 0 Å².